The molecule has 2 heterocycles. The number of hydrogen-bond acceptors (Lipinski definition) is 7. The van der Waals surface area contributed by atoms with Crippen molar-refractivity contribution in [3.05, 3.63) is 57.8 Å². The molecule has 0 spiro atoms. The van der Waals surface area contributed by atoms with Crippen LogP contribution in [0.3, 0.4) is 0 Å². The maximum atomic E-state index is 13.0. The van der Waals surface area contributed by atoms with Gasteiger partial charge in [-0.1, -0.05) is 11.6 Å². The number of methoxy groups -OCH3 is 1. The predicted molar refractivity (Wildman–Crippen MR) is 113 cm³/mol. The Morgan fingerprint density at radius 3 is 2.63 bits per heavy atom. The van der Waals surface area contributed by atoms with Gasteiger partial charge in [0.2, 0.25) is 5.88 Å². The third kappa shape index (κ3) is 4.05. The van der Waals surface area contributed by atoms with Crippen molar-refractivity contribution in [2.45, 2.75) is 39.2 Å². The van der Waals surface area contributed by atoms with E-state index >= 15 is 0 Å². The molecule has 0 saturated heterocycles. The van der Waals surface area contributed by atoms with Gasteiger partial charge >= 0.3 is 5.97 Å². The minimum absolute atomic E-state index is 0.0624. The molecule has 0 aliphatic carbocycles. The molecule has 0 fully saturated rings. The van der Waals surface area contributed by atoms with Crippen molar-refractivity contribution < 1.29 is 19.0 Å². The van der Waals surface area contributed by atoms with Gasteiger partial charge in [-0.2, -0.15) is 5.26 Å². The molecule has 1 aromatic heterocycles. The molecular weight excluding hydrogens is 406 g/mol. The minimum atomic E-state index is -0.880. The van der Waals surface area contributed by atoms with Crippen molar-refractivity contribution in [3.8, 4) is 11.8 Å². The number of ether oxygens (including phenoxy) is 3. The van der Waals surface area contributed by atoms with Crippen LogP contribution in [0.1, 0.15) is 39.2 Å². The summed E-state index contributed by atoms with van der Waals surface area (Å²) < 4.78 is 16.3. The Hall–Kier alpha value is -3.24. The lowest BCUT2D eigenvalue weighted by Crippen LogP contribution is -2.30. The highest BCUT2D eigenvalue weighted by Gasteiger charge is 2.39. The number of allylic oxidation sites excluding steroid dienone is 2. The first-order valence-electron chi connectivity index (χ1n) is 9.21. The maximum Gasteiger partial charge on any atom is 0.338 e. The molecule has 0 saturated carbocycles. The molecule has 0 bridgehead atoms. The molecule has 2 aromatic rings. The summed E-state index contributed by atoms with van der Waals surface area (Å²) >= 11 is 6.50. The summed E-state index contributed by atoms with van der Waals surface area (Å²) in [4.78, 5) is 17.5. The second-order valence-electron chi connectivity index (χ2n) is 7.82. The number of nitrogens with two attached hydrogens (primary N) is 1. The van der Waals surface area contributed by atoms with Crippen molar-refractivity contribution in [1.29, 1.82) is 5.26 Å². The van der Waals surface area contributed by atoms with Gasteiger partial charge in [-0.05, 0) is 52.0 Å². The Bertz CT molecular complexity index is 1140. The van der Waals surface area contributed by atoms with E-state index < -0.39 is 17.5 Å². The summed E-state index contributed by atoms with van der Waals surface area (Å²) in [6, 6.07) is 9.16. The van der Waals surface area contributed by atoms with Gasteiger partial charge in [0.05, 0.1) is 24.1 Å². The highest BCUT2D eigenvalue weighted by Crippen LogP contribution is 2.43. The first-order chi connectivity index (χ1) is 14.1. The van der Waals surface area contributed by atoms with E-state index in [1.807, 2.05) is 6.07 Å². The maximum absolute atomic E-state index is 13.0. The first kappa shape index (κ1) is 21.5. The molecule has 0 unspecified atom stereocenters. The van der Waals surface area contributed by atoms with E-state index in [9.17, 15) is 10.1 Å². The van der Waals surface area contributed by atoms with Crippen LogP contribution in [-0.2, 0) is 14.3 Å². The first-order valence-corrected chi connectivity index (χ1v) is 9.59. The fourth-order valence-corrected chi connectivity index (χ4v) is 3.52. The highest BCUT2D eigenvalue weighted by molar-refractivity contribution is 6.30. The van der Waals surface area contributed by atoms with Gasteiger partial charge in [0.1, 0.15) is 33.9 Å². The van der Waals surface area contributed by atoms with E-state index in [0.717, 1.165) is 5.39 Å². The Kier molecular flexibility index (Phi) is 5.64. The van der Waals surface area contributed by atoms with Crippen LogP contribution in [0.4, 0.5) is 0 Å². The highest BCUT2D eigenvalue weighted by atomic mass is 35.5. The van der Waals surface area contributed by atoms with E-state index in [4.69, 9.17) is 31.5 Å². The number of hydrogen-bond donors (Lipinski definition) is 1. The van der Waals surface area contributed by atoms with Crippen molar-refractivity contribution in [2.24, 2.45) is 5.73 Å². The van der Waals surface area contributed by atoms with Crippen LogP contribution in [0.25, 0.3) is 10.9 Å². The van der Waals surface area contributed by atoms with E-state index in [2.05, 4.69) is 4.98 Å². The number of aromatic nitrogens is 1. The number of carbonyl (C=O) groups is 1. The van der Waals surface area contributed by atoms with Crippen LogP contribution < -0.4 is 10.5 Å². The van der Waals surface area contributed by atoms with Crippen LogP contribution in [0.5, 0.6) is 5.75 Å². The lowest BCUT2D eigenvalue weighted by Gasteiger charge is -2.29. The fraction of sp³-hybridized carbons (Fsp3) is 0.318. The number of rotatable bonds is 3. The SMILES string of the molecule is COc1ccc2nc(Cl)c([C@@H]3C(C#N)=C(N)OC(C)=C3C(=O)OC(C)(C)C)cc2c1. The Morgan fingerprint density at radius 1 is 1.33 bits per heavy atom. The summed E-state index contributed by atoms with van der Waals surface area (Å²) in [7, 11) is 1.56. The quantitative estimate of drug-likeness (QED) is 0.574. The molecule has 0 amide bonds. The Labute approximate surface area is 179 Å². The summed E-state index contributed by atoms with van der Waals surface area (Å²) in [5, 5.41) is 10.7. The van der Waals surface area contributed by atoms with E-state index in [-0.39, 0.29) is 27.9 Å². The van der Waals surface area contributed by atoms with Gasteiger partial charge in [-0.25, -0.2) is 9.78 Å². The average Bonchev–Trinajstić information content (AvgIpc) is 2.65. The number of nitrogens with zero attached hydrogens (tertiary/aromatic N) is 2. The molecule has 0 radical (unpaired) electrons. The molecule has 2 N–H and O–H groups in total. The molecule has 3 rings (SSSR count). The molecule has 1 aliphatic rings. The third-order valence-electron chi connectivity index (χ3n) is 4.54. The number of halogens is 1. The van der Waals surface area contributed by atoms with Crippen molar-refractivity contribution in [1.82, 2.24) is 4.98 Å². The second kappa shape index (κ2) is 7.88. The zero-order chi connectivity index (χ0) is 22.2. The summed E-state index contributed by atoms with van der Waals surface area (Å²) in [6.07, 6.45) is 0. The van der Waals surface area contributed by atoms with Gasteiger partial charge in [0.15, 0.2) is 0 Å². The number of pyridine rings is 1. The summed E-state index contributed by atoms with van der Waals surface area (Å²) in [6.45, 7) is 6.86. The second-order valence-corrected chi connectivity index (χ2v) is 8.18. The lowest BCUT2D eigenvalue weighted by atomic mass is 9.83. The van der Waals surface area contributed by atoms with Crippen LogP contribution in [-0.4, -0.2) is 23.7 Å². The molecule has 7 nitrogen and oxygen atoms in total. The monoisotopic (exact) mass is 427 g/mol. The third-order valence-corrected chi connectivity index (χ3v) is 4.84. The average molecular weight is 428 g/mol. The van der Waals surface area contributed by atoms with Crippen molar-refractivity contribution in [2.75, 3.05) is 7.11 Å². The molecule has 1 atom stereocenters. The van der Waals surface area contributed by atoms with Crippen molar-refractivity contribution >= 4 is 28.5 Å². The zero-order valence-corrected chi connectivity index (χ0v) is 18.1. The molecular formula is C22H22ClN3O4. The number of benzene rings is 1. The van der Waals surface area contributed by atoms with Gasteiger partial charge in [0.25, 0.3) is 0 Å². The summed E-state index contributed by atoms with van der Waals surface area (Å²) in [5.41, 5.74) is 6.53. The topological polar surface area (TPSA) is 107 Å². The van der Waals surface area contributed by atoms with E-state index in [0.29, 0.717) is 16.8 Å². The minimum Gasteiger partial charge on any atom is -0.497 e. The van der Waals surface area contributed by atoms with Gasteiger partial charge in [0, 0.05) is 10.9 Å². The Balaban J connectivity index is 2.24. The van der Waals surface area contributed by atoms with Crippen LogP contribution in [0.2, 0.25) is 5.15 Å². The molecule has 30 heavy (non-hydrogen) atoms. The van der Waals surface area contributed by atoms with E-state index in [1.54, 1.807) is 59.1 Å². The fourth-order valence-electron chi connectivity index (χ4n) is 3.27. The number of esters is 1. The molecule has 156 valence electrons. The Morgan fingerprint density at radius 2 is 2.03 bits per heavy atom. The lowest BCUT2D eigenvalue weighted by molar-refractivity contribution is -0.150. The van der Waals surface area contributed by atoms with Crippen LogP contribution in [0.15, 0.2) is 47.1 Å². The zero-order valence-electron chi connectivity index (χ0n) is 17.4. The number of fused-ring (bicyclic) bond motifs is 1. The normalized spacial score (nSPS) is 16.9. The largest absolute Gasteiger partial charge is 0.497 e. The molecule has 1 aromatic carbocycles. The molecule has 1 aliphatic heterocycles. The van der Waals surface area contributed by atoms with Gasteiger partial charge in [-0.3, -0.25) is 0 Å². The van der Waals surface area contributed by atoms with Gasteiger partial charge < -0.3 is 19.9 Å². The van der Waals surface area contributed by atoms with Crippen LogP contribution in [0, 0.1) is 11.3 Å². The van der Waals surface area contributed by atoms with Crippen molar-refractivity contribution in [3.63, 3.8) is 0 Å². The number of nitriles is 1. The van der Waals surface area contributed by atoms with Gasteiger partial charge in [-0.15, -0.1) is 0 Å². The standard InChI is InChI=1S/C22H22ClN3O4/c1-11-17(21(27)30-22(2,3)4)18(15(10-24)20(25)29-11)14-9-12-8-13(28-5)6-7-16(12)26-19(14)23/h6-9,18H,25H2,1-5H3/t18-/m1/s1. The molecule has 8 heteroatoms. The summed E-state index contributed by atoms with van der Waals surface area (Å²) in [5.74, 6) is -0.706. The number of carbonyl (C=O) groups excluding carboxylic acids is 1. The van der Waals surface area contributed by atoms with E-state index in [1.165, 1.54) is 0 Å². The smallest absolute Gasteiger partial charge is 0.338 e. The predicted octanol–water partition coefficient (Wildman–Crippen LogP) is 4.32. The van der Waals surface area contributed by atoms with Crippen LogP contribution >= 0.6 is 11.6 Å².